The summed E-state index contributed by atoms with van der Waals surface area (Å²) < 4.78 is 35.5. The average Bonchev–Trinajstić information content (AvgIpc) is 3.92. The number of imide groups is 1. The molecular weight excluding hydrogens is 652 g/mol. The Morgan fingerprint density at radius 2 is 1.65 bits per heavy atom. The quantitative estimate of drug-likeness (QED) is 0.242. The van der Waals surface area contributed by atoms with Gasteiger partial charge in [0.05, 0.1) is 23.6 Å². The highest BCUT2D eigenvalue weighted by Crippen LogP contribution is 2.31. The first-order valence-corrected chi connectivity index (χ1v) is 18.4. The number of nitrogens with one attached hydrogen (secondary N) is 3. The zero-order valence-corrected chi connectivity index (χ0v) is 28.3. The van der Waals surface area contributed by atoms with Gasteiger partial charge in [0, 0.05) is 68.8 Å². The molecule has 262 valence electrons. The van der Waals surface area contributed by atoms with Crippen LogP contribution in [0.25, 0.3) is 10.9 Å². The van der Waals surface area contributed by atoms with Gasteiger partial charge in [0.25, 0.3) is 5.56 Å². The second-order valence-corrected chi connectivity index (χ2v) is 14.8. The fraction of sp³-hybridized carbons (Fsp3) is 0.543. The maximum absolute atomic E-state index is 15.1. The standard InChI is InChI=1S/C35H43F2N7O4S/c36-26-17-23(38-28-4-6-32(45)41-34(28)46)3-5-30(26)44-15-13-43(14-16-44)12-11-42-9-7-25(8-10-42)49-21-31-39-29-19-24(48-20-22-1-2-22)18-27(37)33(29)35(47)40-31/h3,5,17-19,22,25,28,38H,1-2,4,6-16,20-21H2,(H,39,40,47)(H,41,45,46). The largest absolute Gasteiger partial charge is 0.493 e. The molecule has 4 heterocycles. The normalized spacial score (nSPS) is 21.3. The van der Waals surface area contributed by atoms with E-state index in [1.54, 1.807) is 30.0 Å². The predicted molar refractivity (Wildman–Crippen MR) is 186 cm³/mol. The number of thioether (sulfide) groups is 1. The molecule has 1 aromatic heterocycles. The van der Waals surface area contributed by atoms with Gasteiger partial charge in [0.15, 0.2) is 0 Å². The number of piperidine rings is 2. The van der Waals surface area contributed by atoms with Crippen molar-refractivity contribution in [2.45, 2.75) is 55.6 Å². The van der Waals surface area contributed by atoms with Crippen LogP contribution in [0.4, 0.5) is 20.2 Å². The summed E-state index contributed by atoms with van der Waals surface area (Å²) in [5.41, 5.74) is 0.968. The minimum Gasteiger partial charge on any atom is -0.493 e. The van der Waals surface area contributed by atoms with Crippen LogP contribution in [0.1, 0.15) is 44.3 Å². The Balaban J connectivity index is 0.822. The van der Waals surface area contributed by atoms with Crippen LogP contribution in [0, 0.1) is 17.6 Å². The lowest BCUT2D eigenvalue weighted by molar-refractivity contribution is -0.133. The van der Waals surface area contributed by atoms with Crippen molar-refractivity contribution >= 4 is 45.9 Å². The van der Waals surface area contributed by atoms with Crippen molar-refractivity contribution in [2.24, 2.45) is 5.92 Å². The summed E-state index contributed by atoms with van der Waals surface area (Å²) in [6.45, 7) is 7.74. The van der Waals surface area contributed by atoms with Crippen LogP contribution in [-0.4, -0.2) is 102 Å². The van der Waals surface area contributed by atoms with Crippen LogP contribution in [-0.2, 0) is 15.3 Å². The number of hydrogen-bond donors (Lipinski definition) is 3. The maximum Gasteiger partial charge on any atom is 0.261 e. The monoisotopic (exact) mass is 695 g/mol. The number of benzene rings is 2. The van der Waals surface area contributed by atoms with Crippen molar-refractivity contribution in [1.82, 2.24) is 25.1 Å². The van der Waals surface area contributed by atoms with Gasteiger partial charge in [-0.1, -0.05) is 0 Å². The van der Waals surface area contributed by atoms with Crippen LogP contribution in [0.5, 0.6) is 5.75 Å². The van der Waals surface area contributed by atoms with Gasteiger partial charge < -0.3 is 24.8 Å². The molecule has 4 fully saturated rings. The number of fused-ring (bicyclic) bond motifs is 1. The highest BCUT2D eigenvalue weighted by Gasteiger charge is 2.28. The number of amides is 2. The predicted octanol–water partition coefficient (Wildman–Crippen LogP) is 3.73. The van der Waals surface area contributed by atoms with Gasteiger partial charge in [-0.05, 0) is 69.3 Å². The number of H-pyrrole nitrogens is 1. The number of likely N-dealkylation sites (tertiary alicyclic amines) is 1. The van der Waals surface area contributed by atoms with Gasteiger partial charge in [-0.3, -0.25) is 24.6 Å². The van der Waals surface area contributed by atoms with Crippen molar-refractivity contribution in [2.75, 3.05) is 69.2 Å². The third kappa shape index (κ3) is 8.53. The second kappa shape index (κ2) is 15.0. The van der Waals surface area contributed by atoms with E-state index in [0.717, 1.165) is 78.0 Å². The van der Waals surface area contributed by atoms with Gasteiger partial charge >= 0.3 is 0 Å². The summed E-state index contributed by atoms with van der Waals surface area (Å²) in [4.78, 5) is 50.5. The lowest BCUT2D eigenvalue weighted by atomic mass is 10.1. The van der Waals surface area contributed by atoms with E-state index in [1.807, 2.05) is 0 Å². The van der Waals surface area contributed by atoms with E-state index in [4.69, 9.17) is 4.74 Å². The van der Waals surface area contributed by atoms with Crippen molar-refractivity contribution in [1.29, 1.82) is 0 Å². The summed E-state index contributed by atoms with van der Waals surface area (Å²) in [5, 5.41) is 5.80. The highest BCUT2D eigenvalue weighted by molar-refractivity contribution is 7.99. The smallest absolute Gasteiger partial charge is 0.261 e. The molecule has 1 saturated carbocycles. The SMILES string of the molecule is O=C1CCC(Nc2ccc(N3CCN(CCN4CCC(SCc5nc6cc(OCC7CC7)cc(F)c6c(=O)[nH]5)CC4)CC3)c(F)c2)C(=O)N1. The molecule has 1 atom stereocenters. The first-order chi connectivity index (χ1) is 23.8. The van der Waals surface area contributed by atoms with Crippen molar-refractivity contribution < 1.29 is 23.1 Å². The van der Waals surface area contributed by atoms with E-state index in [9.17, 15) is 18.8 Å². The molecule has 14 heteroatoms. The summed E-state index contributed by atoms with van der Waals surface area (Å²) in [6, 6.07) is 7.37. The molecule has 2 aromatic carbocycles. The van der Waals surface area contributed by atoms with Crippen molar-refractivity contribution in [3.8, 4) is 5.75 Å². The number of aromatic nitrogens is 2. The summed E-state index contributed by atoms with van der Waals surface area (Å²) in [6.07, 6.45) is 5.05. The molecule has 3 aromatic rings. The lowest BCUT2D eigenvalue weighted by Crippen LogP contribution is -2.49. The number of anilines is 2. The fourth-order valence-corrected chi connectivity index (χ4v) is 7.85. The Hall–Kier alpha value is -3.75. The van der Waals surface area contributed by atoms with E-state index in [1.165, 1.54) is 12.1 Å². The number of nitrogens with zero attached hydrogens (tertiary/aromatic N) is 4. The van der Waals surface area contributed by atoms with Crippen LogP contribution in [0.3, 0.4) is 0 Å². The molecule has 4 aliphatic rings. The number of carbonyl (C=O) groups is 2. The summed E-state index contributed by atoms with van der Waals surface area (Å²) in [5.74, 6) is 0.499. The molecule has 49 heavy (non-hydrogen) atoms. The van der Waals surface area contributed by atoms with Crippen LogP contribution in [0.15, 0.2) is 35.1 Å². The molecule has 7 rings (SSSR count). The number of ether oxygens (including phenoxy) is 1. The maximum atomic E-state index is 15.1. The van der Waals surface area contributed by atoms with Crippen LogP contribution < -0.4 is 25.8 Å². The zero-order valence-electron chi connectivity index (χ0n) is 27.5. The lowest BCUT2D eigenvalue weighted by Gasteiger charge is -2.38. The number of carbonyl (C=O) groups excluding carboxylic acids is 2. The minimum absolute atomic E-state index is 0.0235. The van der Waals surface area contributed by atoms with Gasteiger partial charge in [-0.15, -0.1) is 0 Å². The Bertz CT molecular complexity index is 1740. The zero-order chi connectivity index (χ0) is 33.9. The molecule has 3 N–H and O–H groups in total. The number of hydrogen-bond acceptors (Lipinski definition) is 10. The first kappa shape index (κ1) is 33.7. The molecule has 0 radical (unpaired) electrons. The number of halogens is 2. The topological polar surface area (TPSA) is 123 Å². The van der Waals surface area contributed by atoms with E-state index in [0.29, 0.717) is 58.4 Å². The highest BCUT2D eigenvalue weighted by atomic mass is 32.2. The number of aromatic amines is 1. The molecule has 3 aliphatic heterocycles. The van der Waals surface area contributed by atoms with Crippen LogP contribution in [0.2, 0.25) is 0 Å². The summed E-state index contributed by atoms with van der Waals surface area (Å²) in [7, 11) is 0. The molecule has 1 unspecified atom stereocenters. The molecule has 11 nitrogen and oxygen atoms in total. The van der Waals surface area contributed by atoms with Crippen molar-refractivity contribution in [3.05, 3.63) is 58.1 Å². The van der Waals surface area contributed by atoms with E-state index >= 15 is 4.39 Å². The van der Waals surface area contributed by atoms with E-state index in [-0.39, 0.29) is 29.4 Å². The first-order valence-electron chi connectivity index (χ1n) is 17.3. The Morgan fingerprint density at radius 3 is 2.37 bits per heavy atom. The summed E-state index contributed by atoms with van der Waals surface area (Å²) >= 11 is 1.79. The molecule has 0 bridgehead atoms. The minimum atomic E-state index is -0.604. The van der Waals surface area contributed by atoms with E-state index < -0.39 is 17.4 Å². The third-order valence-electron chi connectivity index (χ3n) is 9.93. The second-order valence-electron chi connectivity index (χ2n) is 13.6. The van der Waals surface area contributed by atoms with Crippen molar-refractivity contribution in [3.63, 3.8) is 0 Å². The molecular formula is C35H43F2N7O4S. The molecule has 3 saturated heterocycles. The average molecular weight is 696 g/mol. The van der Waals surface area contributed by atoms with Gasteiger partial charge in [-0.25, -0.2) is 13.8 Å². The van der Waals surface area contributed by atoms with Gasteiger partial charge in [0.1, 0.15) is 34.6 Å². The van der Waals surface area contributed by atoms with E-state index in [2.05, 4.69) is 35.3 Å². The fourth-order valence-electron chi connectivity index (χ4n) is 6.78. The number of piperazine rings is 1. The van der Waals surface area contributed by atoms with Gasteiger partial charge in [-0.2, -0.15) is 11.8 Å². The Morgan fingerprint density at radius 1 is 0.898 bits per heavy atom. The molecule has 2 amide bonds. The molecule has 0 spiro atoms. The third-order valence-corrected chi connectivity index (χ3v) is 11.3. The van der Waals surface area contributed by atoms with Crippen LogP contribution >= 0.6 is 11.8 Å². The Labute approximate surface area is 288 Å². The number of rotatable bonds is 12. The van der Waals surface area contributed by atoms with Gasteiger partial charge in [0.2, 0.25) is 11.8 Å². The molecule has 1 aliphatic carbocycles. The Kier molecular flexibility index (Phi) is 10.3.